The van der Waals surface area contributed by atoms with Crippen LogP contribution in [0.2, 0.25) is 0 Å². The molecule has 26 heavy (non-hydrogen) atoms. The largest absolute Gasteiger partial charge is 0.478 e. The van der Waals surface area contributed by atoms with E-state index in [2.05, 4.69) is 4.85 Å². The van der Waals surface area contributed by atoms with Gasteiger partial charge in [0.25, 0.3) is 0 Å². The molecule has 0 radical (unpaired) electrons. The topological polar surface area (TPSA) is 62.0 Å². The van der Waals surface area contributed by atoms with Gasteiger partial charge in [-0.25, -0.2) is 9.64 Å². The Kier molecular flexibility index (Phi) is 6.07. The van der Waals surface area contributed by atoms with Crippen LogP contribution in [0.3, 0.4) is 0 Å². The van der Waals surface area contributed by atoms with Crippen LogP contribution < -0.4 is 4.90 Å². The molecule has 1 N–H and O–H groups in total. The van der Waals surface area contributed by atoms with E-state index in [-0.39, 0.29) is 16.8 Å². The molecule has 0 atom stereocenters. The van der Waals surface area contributed by atoms with E-state index in [1.54, 1.807) is 6.08 Å². The van der Waals surface area contributed by atoms with Crippen molar-refractivity contribution in [3.63, 3.8) is 0 Å². The van der Waals surface area contributed by atoms with Gasteiger partial charge in [0.15, 0.2) is 5.78 Å². The Morgan fingerprint density at radius 3 is 2.08 bits per heavy atom. The van der Waals surface area contributed by atoms with Crippen molar-refractivity contribution in [3.05, 3.63) is 94.5 Å². The fraction of sp³-hybridized carbons (Fsp3) is 0.0952. The quantitative estimate of drug-likeness (QED) is 0.369. The fourth-order valence-corrected chi connectivity index (χ4v) is 2.21. The van der Waals surface area contributed by atoms with E-state index in [0.29, 0.717) is 0 Å². The standard InChI is InChI=1S/C21H18N2O3/c1-22-19(20(24)16-9-11-17(12-10-16)21(25)26)6-4-5-15-7-13-18(14-8-15)23(2)3/h4-14H,2-3H3,(H,25,26). The summed E-state index contributed by atoms with van der Waals surface area (Å²) in [5.74, 6) is -1.50. The van der Waals surface area contributed by atoms with Gasteiger partial charge in [0.05, 0.1) is 12.1 Å². The molecule has 0 aliphatic rings. The number of rotatable bonds is 6. The lowest BCUT2D eigenvalue weighted by molar-refractivity contribution is 0.0696. The summed E-state index contributed by atoms with van der Waals surface area (Å²) in [5, 5.41) is 8.88. The average molecular weight is 346 g/mol. The number of nitrogens with zero attached hydrogens (tertiary/aromatic N) is 2. The first-order chi connectivity index (χ1) is 12.4. The number of allylic oxidation sites excluding steroid dienone is 3. The summed E-state index contributed by atoms with van der Waals surface area (Å²) in [6.07, 6.45) is 4.92. The highest BCUT2D eigenvalue weighted by atomic mass is 16.4. The van der Waals surface area contributed by atoms with Crippen molar-refractivity contribution in [1.29, 1.82) is 0 Å². The molecule has 2 aromatic rings. The summed E-state index contributed by atoms with van der Waals surface area (Å²) in [6.45, 7) is 7.21. The molecule has 0 aromatic heterocycles. The van der Waals surface area contributed by atoms with Crippen LogP contribution >= 0.6 is 0 Å². The summed E-state index contributed by atoms with van der Waals surface area (Å²) >= 11 is 0. The molecule has 0 aliphatic heterocycles. The Balaban J connectivity index is 2.15. The smallest absolute Gasteiger partial charge is 0.335 e. The third-order valence-corrected chi connectivity index (χ3v) is 3.70. The summed E-state index contributed by atoms with van der Waals surface area (Å²) in [7, 11) is 3.93. The van der Waals surface area contributed by atoms with E-state index in [1.807, 2.05) is 49.3 Å². The van der Waals surface area contributed by atoms with Gasteiger partial charge < -0.3 is 14.8 Å². The van der Waals surface area contributed by atoms with Crippen LogP contribution in [0.25, 0.3) is 10.9 Å². The van der Waals surface area contributed by atoms with E-state index >= 15 is 0 Å². The van der Waals surface area contributed by atoms with Crippen molar-refractivity contribution < 1.29 is 14.7 Å². The molecule has 0 spiro atoms. The number of Topliss-reactive ketones (excluding diaryl/α,β-unsaturated/α-hetero) is 1. The van der Waals surface area contributed by atoms with Gasteiger partial charge in [0.2, 0.25) is 5.70 Å². The Morgan fingerprint density at radius 1 is 1.00 bits per heavy atom. The fourth-order valence-electron chi connectivity index (χ4n) is 2.21. The Hall–Kier alpha value is -3.65. The number of ketones is 1. The first-order valence-corrected chi connectivity index (χ1v) is 7.83. The minimum Gasteiger partial charge on any atom is -0.478 e. The molecule has 130 valence electrons. The maximum Gasteiger partial charge on any atom is 0.335 e. The molecule has 0 saturated heterocycles. The van der Waals surface area contributed by atoms with Gasteiger partial charge in [-0.2, -0.15) is 0 Å². The minimum atomic E-state index is -1.06. The van der Waals surface area contributed by atoms with Crippen LogP contribution in [0, 0.1) is 6.57 Å². The maximum absolute atomic E-state index is 12.4. The molecule has 2 rings (SSSR count). The summed E-state index contributed by atoms with van der Waals surface area (Å²) < 4.78 is 0. The number of aromatic carboxylic acids is 1. The Labute approximate surface area is 152 Å². The highest BCUT2D eigenvalue weighted by Gasteiger charge is 2.12. The molecule has 5 heteroatoms. The SMILES string of the molecule is [C-]#[N+]C(=CC=Cc1ccc(N(C)C)cc1)C(=O)c1ccc(C(=O)O)cc1. The van der Waals surface area contributed by atoms with Crippen LogP contribution in [-0.2, 0) is 0 Å². The molecule has 2 aromatic carbocycles. The van der Waals surface area contributed by atoms with Crippen LogP contribution in [0.15, 0.2) is 66.4 Å². The zero-order valence-corrected chi connectivity index (χ0v) is 14.5. The van der Waals surface area contributed by atoms with E-state index in [1.165, 1.54) is 30.3 Å². The summed E-state index contributed by atoms with van der Waals surface area (Å²) in [6, 6.07) is 13.4. The lowest BCUT2D eigenvalue weighted by Gasteiger charge is -2.11. The number of carbonyl (C=O) groups excluding carboxylic acids is 1. The van der Waals surface area contributed by atoms with Crippen LogP contribution in [-0.4, -0.2) is 31.0 Å². The maximum atomic E-state index is 12.4. The van der Waals surface area contributed by atoms with Crippen molar-refractivity contribution in [2.24, 2.45) is 0 Å². The van der Waals surface area contributed by atoms with E-state index < -0.39 is 11.8 Å². The molecule has 5 nitrogen and oxygen atoms in total. The van der Waals surface area contributed by atoms with Crippen molar-refractivity contribution in [2.75, 3.05) is 19.0 Å². The lowest BCUT2D eigenvalue weighted by Crippen LogP contribution is -2.07. The number of hydrogen-bond acceptors (Lipinski definition) is 3. The molecular weight excluding hydrogens is 328 g/mol. The van der Waals surface area contributed by atoms with Crippen molar-refractivity contribution in [1.82, 2.24) is 0 Å². The van der Waals surface area contributed by atoms with Crippen LogP contribution in [0.5, 0.6) is 0 Å². The molecule has 0 fully saturated rings. The summed E-state index contributed by atoms with van der Waals surface area (Å²) in [5.41, 5.74) is 2.38. The van der Waals surface area contributed by atoms with Crippen LogP contribution in [0.4, 0.5) is 5.69 Å². The van der Waals surface area contributed by atoms with Crippen molar-refractivity contribution in [2.45, 2.75) is 0 Å². The summed E-state index contributed by atoms with van der Waals surface area (Å²) in [4.78, 5) is 28.5. The molecular formula is C21H18N2O3. The second-order valence-electron chi connectivity index (χ2n) is 5.72. The van der Waals surface area contributed by atoms with Gasteiger partial charge in [-0.15, -0.1) is 0 Å². The predicted molar refractivity (Wildman–Crippen MR) is 102 cm³/mol. The zero-order chi connectivity index (χ0) is 19.1. The Bertz CT molecular complexity index is 900. The third kappa shape index (κ3) is 4.68. The van der Waals surface area contributed by atoms with Crippen molar-refractivity contribution >= 4 is 23.5 Å². The van der Waals surface area contributed by atoms with E-state index in [9.17, 15) is 9.59 Å². The Morgan fingerprint density at radius 2 is 1.58 bits per heavy atom. The highest BCUT2D eigenvalue weighted by molar-refractivity contribution is 6.10. The number of anilines is 1. The van der Waals surface area contributed by atoms with E-state index in [4.69, 9.17) is 11.7 Å². The number of carboxylic acids is 1. The molecule has 0 bridgehead atoms. The number of benzene rings is 2. The highest BCUT2D eigenvalue weighted by Crippen LogP contribution is 2.15. The van der Waals surface area contributed by atoms with Gasteiger partial charge in [0.1, 0.15) is 0 Å². The van der Waals surface area contributed by atoms with Gasteiger partial charge >= 0.3 is 5.97 Å². The number of carbonyl (C=O) groups is 2. The minimum absolute atomic E-state index is 0.0331. The van der Waals surface area contributed by atoms with Crippen molar-refractivity contribution in [3.8, 4) is 0 Å². The first kappa shape index (κ1) is 18.7. The van der Waals surface area contributed by atoms with E-state index in [0.717, 1.165) is 11.3 Å². The average Bonchev–Trinajstić information content (AvgIpc) is 2.65. The second-order valence-corrected chi connectivity index (χ2v) is 5.72. The third-order valence-electron chi connectivity index (χ3n) is 3.70. The molecule has 0 amide bonds. The molecule has 0 aliphatic carbocycles. The lowest BCUT2D eigenvalue weighted by atomic mass is 10.1. The van der Waals surface area contributed by atoms with Gasteiger partial charge in [0, 0.05) is 25.3 Å². The number of hydrogen-bond donors (Lipinski definition) is 1. The molecule has 0 heterocycles. The monoisotopic (exact) mass is 346 g/mol. The zero-order valence-electron chi connectivity index (χ0n) is 14.5. The normalized spacial score (nSPS) is 11.2. The molecule has 0 saturated carbocycles. The second kappa shape index (κ2) is 8.45. The molecule has 0 unspecified atom stereocenters. The number of carboxylic acid groups (broad SMARTS) is 1. The van der Waals surface area contributed by atoms with Gasteiger partial charge in [-0.05, 0) is 29.8 Å². The van der Waals surface area contributed by atoms with Gasteiger partial charge in [-0.1, -0.05) is 42.5 Å². The van der Waals surface area contributed by atoms with Gasteiger partial charge in [-0.3, -0.25) is 0 Å². The first-order valence-electron chi connectivity index (χ1n) is 7.83. The predicted octanol–water partition coefficient (Wildman–Crippen LogP) is 4.15. The van der Waals surface area contributed by atoms with Crippen LogP contribution in [0.1, 0.15) is 26.3 Å².